The van der Waals surface area contributed by atoms with Crippen LogP contribution in [0.1, 0.15) is 38.2 Å². The van der Waals surface area contributed by atoms with E-state index in [-0.39, 0.29) is 12.4 Å². The molecule has 0 aromatic heterocycles. The maximum absolute atomic E-state index is 13.0. The molecule has 20 heavy (non-hydrogen) atoms. The summed E-state index contributed by atoms with van der Waals surface area (Å²) >= 11 is 0. The fourth-order valence-corrected chi connectivity index (χ4v) is 2.70. The van der Waals surface area contributed by atoms with Crippen LogP contribution in [0, 0.1) is 5.82 Å². The smallest absolute Gasteiger partial charge is 0.396 e. The van der Waals surface area contributed by atoms with E-state index in [1.165, 1.54) is 12.1 Å². The number of halogens is 1. The lowest BCUT2D eigenvalue weighted by molar-refractivity contribution is -0.155. The van der Waals surface area contributed by atoms with E-state index >= 15 is 0 Å². The zero-order valence-electron chi connectivity index (χ0n) is 11.4. The van der Waals surface area contributed by atoms with Crippen LogP contribution in [0.25, 0.3) is 0 Å². The van der Waals surface area contributed by atoms with Crippen molar-refractivity contribution in [3.63, 3.8) is 0 Å². The molecule has 0 unspecified atom stereocenters. The molecule has 0 atom stereocenters. The summed E-state index contributed by atoms with van der Waals surface area (Å²) in [4.78, 5) is 23.3. The van der Waals surface area contributed by atoms with Crippen molar-refractivity contribution in [1.82, 2.24) is 5.32 Å². The Morgan fingerprint density at radius 1 is 1.25 bits per heavy atom. The standard InChI is InChI=1S/C15H18FNO3/c1-2-20-14(19)13(18)17-15(9-3-4-10-15)11-5-7-12(16)8-6-11/h5-8H,2-4,9-10H2,1H3,(H,17,18). The van der Waals surface area contributed by atoms with Gasteiger partial charge in [0.2, 0.25) is 0 Å². The van der Waals surface area contributed by atoms with Crippen LogP contribution in [0.2, 0.25) is 0 Å². The number of carbonyl (C=O) groups is 2. The summed E-state index contributed by atoms with van der Waals surface area (Å²) in [7, 11) is 0. The first-order valence-electron chi connectivity index (χ1n) is 6.83. The van der Waals surface area contributed by atoms with Crippen LogP contribution in [0.3, 0.4) is 0 Å². The Morgan fingerprint density at radius 2 is 1.85 bits per heavy atom. The quantitative estimate of drug-likeness (QED) is 0.682. The molecule has 1 saturated carbocycles. The van der Waals surface area contributed by atoms with Crippen molar-refractivity contribution in [3.05, 3.63) is 35.6 Å². The summed E-state index contributed by atoms with van der Waals surface area (Å²) in [5.41, 5.74) is 0.242. The molecule has 0 heterocycles. The highest BCUT2D eigenvalue weighted by atomic mass is 19.1. The maximum atomic E-state index is 13.0. The van der Waals surface area contributed by atoms with E-state index in [1.807, 2.05) is 0 Å². The molecule has 4 nitrogen and oxygen atoms in total. The highest BCUT2D eigenvalue weighted by Crippen LogP contribution is 2.38. The first-order chi connectivity index (χ1) is 9.57. The van der Waals surface area contributed by atoms with Crippen LogP contribution in [-0.2, 0) is 19.9 Å². The lowest BCUT2D eigenvalue weighted by Crippen LogP contribution is -2.47. The third kappa shape index (κ3) is 2.98. The second-order valence-corrected chi connectivity index (χ2v) is 4.97. The molecule has 1 aromatic carbocycles. The third-order valence-electron chi connectivity index (χ3n) is 3.67. The number of hydrogen-bond donors (Lipinski definition) is 1. The minimum absolute atomic E-state index is 0.163. The number of amides is 1. The fraction of sp³-hybridized carbons (Fsp3) is 0.467. The molecule has 2 rings (SSSR count). The lowest BCUT2D eigenvalue weighted by Gasteiger charge is -2.30. The predicted octanol–water partition coefficient (Wildman–Crippen LogP) is 2.27. The topological polar surface area (TPSA) is 55.4 Å². The van der Waals surface area contributed by atoms with Gasteiger partial charge in [-0.3, -0.25) is 4.79 Å². The van der Waals surface area contributed by atoms with E-state index in [0.717, 1.165) is 31.2 Å². The lowest BCUT2D eigenvalue weighted by atomic mass is 9.88. The van der Waals surface area contributed by atoms with E-state index < -0.39 is 17.4 Å². The average molecular weight is 279 g/mol. The number of rotatable bonds is 3. The van der Waals surface area contributed by atoms with Gasteiger partial charge in [0, 0.05) is 0 Å². The Morgan fingerprint density at radius 3 is 2.40 bits per heavy atom. The van der Waals surface area contributed by atoms with Crippen molar-refractivity contribution in [2.45, 2.75) is 38.1 Å². The molecule has 0 radical (unpaired) electrons. The second kappa shape index (κ2) is 6.03. The predicted molar refractivity (Wildman–Crippen MR) is 71.3 cm³/mol. The van der Waals surface area contributed by atoms with Crippen molar-refractivity contribution in [1.29, 1.82) is 0 Å². The molecule has 0 aliphatic heterocycles. The molecular weight excluding hydrogens is 261 g/mol. The van der Waals surface area contributed by atoms with Gasteiger partial charge in [-0.1, -0.05) is 25.0 Å². The van der Waals surface area contributed by atoms with Gasteiger partial charge in [-0.25, -0.2) is 9.18 Å². The Kier molecular flexibility index (Phi) is 4.37. The number of esters is 1. The Balaban J connectivity index is 2.20. The van der Waals surface area contributed by atoms with Crippen molar-refractivity contribution in [3.8, 4) is 0 Å². The van der Waals surface area contributed by atoms with Gasteiger partial charge in [-0.15, -0.1) is 0 Å². The van der Waals surface area contributed by atoms with E-state index in [9.17, 15) is 14.0 Å². The van der Waals surface area contributed by atoms with E-state index in [2.05, 4.69) is 5.32 Å². The van der Waals surface area contributed by atoms with Gasteiger partial charge in [0.15, 0.2) is 0 Å². The minimum atomic E-state index is -0.874. The minimum Gasteiger partial charge on any atom is -0.459 e. The maximum Gasteiger partial charge on any atom is 0.396 e. The molecule has 1 aromatic rings. The monoisotopic (exact) mass is 279 g/mol. The highest BCUT2D eigenvalue weighted by Gasteiger charge is 2.38. The molecule has 1 fully saturated rings. The van der Waals surface area contributed by atoms with Crippen LogP contribution < -0.4 is 5.32 Å². The van der Waals surface area contributed by atoms with Crippen LogP contribution in [0.15, 0.2) is 24.3 Å². The highest BCUT2D eigenvalue weighted by molar-refractivity contribution is 6.32. The first kappa shape index (κ1) is 14.5. The van der Waals surface area contributed by atoms with Gasteiger partial charge in [0.25, 0.3) is 0 Å². The average Bonchev–Trinajstić information content (AvgIpc) is 2.89. The van der Waals surface area contributed by atoms with Gasteiger partial charge < -0.3 is 10.1 Å². The van der Waals surface area contributed by atoms with E-state index in [0.29, 0.717) is 0 Å². The van der Waals surface area contributed by atoms with E-state index in [1.54, 1.807) is 19.1 Å². The molecule has 1 aliphatic carbocycles. The van der Waals surface area contributed by atoms with Crippen molar-refractivity contribution in [2.24, 2.45) is 0 Å². The summed E-state index contributed by atoms with van der Waals surface area (Å²) in [6.45, 7) is 1.81. The largest absolute Gasteiger partial charge is 0.459 e. The molecule has 1 amide bonds. The Hall–Kier alpha value is -1.91. The zero-order chi connectivity index (χ0) is 14.6. The fourth-order valence-electron chi connectivity index (χ4n) is 2.70. The Bertz CT molecular complexity index is 492. The van der Waals surface area contributed by atoms with Crippen LogP contribution in [-0.4, -0.2) is 18.5 Å². The number of nitrogens with one attached hydrogen (secondary N) is 1. The summed E-state index contributed by atoms with van der Waals surface area (Å²) in [6.07, 6.45) is 3.40. The molecule has 108 valence electrons. The van der Waals surface area contributed by atoms with Crippen LogP contribution in [0.5, 0.6) is 0 Å². The number of benzene rings is 1. The second-order valence-electron chi connectivity index (χ2n) is 4.97. The van der Waals surface area contributed by atoms with Crippen molar-refractivity contribution in [2.75, 3.05) is 6.61 Å². The molecule has 5 heteroatoms. The normalized spacial score (nSPS) is 16.7. The Labute approximate surface area is 117 Å². The van der Waals surface area contributed by atoms with Gasteiger partial charge in [-0.05, 0) is 37.5 Å². The first-order valence-corrected chi connectivity index (χ1v) is 6.83. The van der Waals surface area contributed by atoms with Crippen LogP contribution >= 0.6 is 0 Å². The summed E-state index contributed by atoms with van der Waals surface area (Å²) in [5, 5.41) is 2.78. The van der Waals surface area contributed by atoms with E-state index in [4.69, 9.17) is 4.74 Å². The number of hydrogen-bond acceptors (Lipinski definition) is 3. The molecule has 1 N–H and O–H groups in total. The molecule has 0 bridgehead atoms. The van der Waals surface area contributed by atoms with Gasteiger partial charge >= 0.3 is 11.9 Å². The van der Waals surface area contributed by atoms with Crippen molar-refractivity contribution < 1.29 is 18.7 Å². The SMILES string of the molecule is CCOC(=O)C(=O)NC1(c2ccc(F)cc2)CCCC1. The molecule has 0 saturated heterocycles. The summed E-state index contributed by atoms with van der Waals surface area (Å²) in [5.74, 6) is -1.93. The number of ether oxygens (including phenoxy) is 1. The molecule has 0 spiro atoms. The van der Waals surface area contributed by atoms with Crippen molar-refractivity contribution >= 4 is 11.9 Å². The third-order valence-corrected chi connectivity index (χ3v) is 3.67. The van der Waals surface area contributed by atoms with Crippen LogP contribution in [0.4, 0.5) is 4.39 Å². The number of carbonyl (C=O) groups excluding carboxylic acids is 2. The molecule has 1 aliphatic rings. The zero-order valence-corrected chi connectivity index (χ0v) is 11.4. The van der Waals surface area contributed by atoms with Gasteiger partial charge in [-0.2, -0.15) is 0 Å². The van der Waals surface area contributed by atoms with Gasteiger partial charge in [0.1, 0.15) is 5.82 Å². The summed E-state index contributed by atoms with van der Waals surface area (Å²) < 4.78 is 17.7. The molecular formula is C15H18FNO3. The van der Waals surface area contributed by atoms with Gasteiger partial charge in [0.05, 0.1) is 12.1 Å². The summed E-state index contributed by atoms with van der Waals surface area (Å²) in [6, 6.07) is 6.05.